The molecule has 1 fully saturated rings. The molecule has 1 aromatic carbocycles. The topological polar surface area (TPSA) is 95.1 Å². The number of alkyl halides is 3. The number of carbonyl (C=O) groups is 1. The molecule has 0 spiro atoms. The molecule has 0 saturated carbocycles. The highest BCUT2D eigenvalue weighted by molar-refractivity contribution is 7.89. The quantitative estimate of drug-likeness (QED) is 0.632. The molecule has 0 atom stereocenters. The van der Waals surface area contributed by atoms with E-state index in [0.29, 0.717) is 6.07 Å². The van der Waals surface area contributed by atoms with Gasteiger partial charge in [-0.15, -0.1) is 0 Å². The van der Waals surface area contributed by atoms with E-state index in [1.54, 1.807) is 0 Å². The molecule has 0 aliphatic carbocycles. The van der Waals surface area contributed by atoms with Crippen LogP contribution < -0.4 is 0 Å². The number of amides is 1. The van der Waals surface area contributed by atoms with E-state index >= 15 is 0 Å². The number of rotatable bonds is 5. The Hall–Kier alpha value is -1.41. The Morgan fingerprint density at radius 2 is 1.69 bits per heavy atom. The molecule has 1 heterocycles. The van der Waals surface area contributed by atoms with Crippen molar-refractivity contribution >= 4 is 37.6 Å². The Labute approximate surface area is 171 Å². The van der Waals surface area contributed by atoms with Crippen LogP contribution in [0.3, 0.4) is 0 Å². The van der Waals surface area contributed by atoms with E-state index in [0.717, 1.165) is 27.0 Å². The second-order valence-corrected chi connectivity index (χ2v) is 10.9. The number of halogens is 4. The molecule has 8 nitrogen and oxygen atoms in total. The van der Waals surface area contributed by atoms with Gasteiger partial charge in [0.1, 0.15) is 0 Å². The zero-order valence-electron chi connectivity index (χ0n) is 15.5. The maximum absolute atomic E-state index is 13.0. The Morgan fingerprint density at radius 3 is 2.17 bits per heavy atom. The fourth-order valence-corrected chi connectivity index (χ4v) is 4.64. The smallest absolute Gasteiger partial charge is 0.339 e. The number of piperazine rings is 1. The summed E-state index contributed by atoms with van der Waals surface area (Å²) < 4.78 is 89.0. The number of likely N-dealkylation sites (N-methyl/N-ethyl adjacent to an activating group) is 1. The third-order valence-corrected chi connectivity index (χ3v) is 7.88. The first kappa shape index (κ1) is 23.9. The van der Waals surface area contributed by atoms with E-state index in [-0.39, 0.29) is 26.2 Å². The summed E-state index contributed by atoms with van der Waals surface area (Å²) in [6, 6.07) is 2.35. The predicted octanol–water partition coefficient (Wildman–Crippen LogP) is 1.08. The molecule has 0 aromatic heterocycles. The van der Waals surface area contributed by atoms with Crippen LogP contribution in [0.15, 0.2) is 23.1 Å². The summed E-state index contributed by atoms with van der Waals surface area (Å²) in [5.74, 6) is -0.499. The van der Waals surface area contributed by atoms with Crippen molar-refractivity contribution in [3.8, 4) is 0 Å². The number of sulfonamides is 2. The zero-order chi connectivity index (χ0) is 22.2. The Morgan fingerprint density at radius 1 is 1.14 bits per heavy atom. The molecular formula is C15H19ClF3N3O5S2. The lowest BCUT2D eigenvalue weighted by Crippen LogP contribution is -2.52. The van der Waals surface area contributed by atoms with Crippen molar-refractivity contribution in [2.75, 3.05) is 46.0 Å². The van der Waals surface area contributed by atoms with Crippen LogP contribution in [0.5, 0.6) is 0 Å². The predicted molar refractivity (Wildman–Crippen MR) is 99.3 cm³/mol. The van der Waals surface area contributed by atoms with E-state index < -0.39 is 54.2 Å². The first-order valence-corrected chi connectivity index (χ1v) is 11.9. The zero-order valence-corrected chi connectivity index (χ0v) is 17.9. The van der Waals surface area contributed by atoms with Gasteiger partial charge in [-0.2, -0.15) is 21.8 Å². The second kappa shape index (κ2) is 8.38. The van der Waals surface area contributed by atoms with Gasteiger partial charge in [0.15, 0.2) is 0 Å². The Kier molecular flexibility index (Phi) is 6.89. The number of benzene rings is 1. The molecule has 1 aliphatic rings. The Balaban J connectivity index is 2.12. The average Bonchev–Trinajstić information content (AvgIpc) is 2.60. The monoisotopic (exact) mass is 477 g/mol. The van der Waals surface area contributed by atoms with E-state index in [1.165, 1.54) is 11.9 Å². The minimum atomic E-state index is -4.81. The van der Waals surface area contributed by atoms with Crippen LogP contribution in [0.1, 0.15) is 5.56 Å². The SMILES string of the molecule is CN(CC(=O)N1CCN(S(=O)(=O)c2ccc(Cl)c(C(F)(F)F)c2)CC1)S(C)(=O)=O. The van der Waals surface area contributed by atoms with Gasteiger partial charge in [-0.25, -0.2) is 16.8 Å². The first-order valence-electron chi connectivity index (χ1n) is 8.20. The van der Waals surface area contributed by atoms with Crippen molar-refractivity contribution in [2.24, 2.45) is 0 Å². The van der Waals surface area contributed by atoms with Gasteiger partial charge in [-0.3, -0.25) is 4.79 Å². The molecule has 0 bridgehead atoms. The molecule has 1 aliphatic heterocycles. The van der Waals surface area contributed by atoms with Crippen molar-refractivity contribution in [1.29, 1.82) is 0 Å². The summed E-state index contributed by atoms with van der Waals surface area (Å²) in [4.78, 5) is 12.9. The van der Waals surface area contributed by atoms with Crippen molar-refractivity contribution in [2.45, 2.75) is 11.1 Å². The average molecular weight is 478 g/mol. The number of carbonyl (C=O) groups excluding carboxylic acids is 1. The van der Waals surface area contributed by atoms with Crippen LogP contribution in [0.25, 0.3) is 0 Å². The summed E-state index contributed by atoms with van der Waals surface area (Å²) in [7, 11) is -6.53. The van der Waals surface area contributed by atoms with Gasteiger partial charge in [-0.05, 0) is 18.2 Å². The molecule has 0 radical (unpaired) electrons. The molecule has 1 saturated heterocycles. The highest BCUT2D eigenvalue weighted by Crippen LogP contribution is 2.36. The van der Waals surface area contributed by atoms with Crippen LogP contribution in [-0.2, 0) is 31.0 Å². The highest BCUT2D eigenvalue weighted by Gasteiger charge is 2.36. The van der Waals surface area contributed by atoms with Crippen LogP contribution >= 0.6 is 11.6 Å². The number of hydrogen-bond acceptors (Lipinski definition) is 5. The molecule has 1 aromatic rings. The molecule has 164 valence electrons. The maximum atomic E-state index is 13.0. The van der Waals surface area contributed by atoms with Crippen molar-refractivity contribution in [1.82, 2.24) is 13.5 Å². The van der Waals surface area contributed by atoms with E-state index in [2.05, 4.69) is 0 Å². The van der Waals surface area contributed by atoms with Gasteiger partial charge >= 0.3 is 6.18 Å². The van der Waals surface area contributed by atoms with Crippen LogP contribution in [0, 0.1) is 0 Å². The number of nitrogens with zero attached hydrogens (tertiary/aromatic N) is 3. The van der Waals surface area contributed by atoms with Crippen molar-refractivity contribution in [3.63, 3.8) is 0 Å². The molecular weight excluding hydrogens is 459 g/mol. The highest BCUT2D eigenvalue weighted by atomic mass is 35.5. The lowest BCUT2D eigenvalue weighted by molar-refractivity contribution is -0.137. The van der Waals surface area contributed by atoms with Crippen LogP contribution in [0.2, 0.25) is 5.02 Å². The van der Waals surface area contributed by atoms with Gasteiger partial charge in [0.05, 0.1) is 28.3 Å². The molecule has 0 N–H and O–H groups in total. The summed E-state index contributed by atoms with van der Waals surface area (Å²) >= 11 is 5.52. The van der Waals surface area contributed by atoms with Gasteiger partial charge in [0, 0.05) is 33.2 Å². The van der Waals surface area contributed by atoms with Gasteiger partial charge in [-0.1, -0.05) is 11.6 Å². The summed E-state index contributed by atoms with van der Waals surface area (Å²) in [6.45, 7) is -0.705. The Bertz CT molecular complexity index is 991. The maximum Gasteiger partial charge on any atom is 0.417 e. The van der Waals surface area contributed by atoms with Gasteiger partial charge in [0.2, 0.25) is 26.0 Å². The standard InChI is InChI=1S/C15H19ClF3N3O5S2/c1-20(28(2,24)25)10-14(23)21-5-7-22(8-6-21)29(26,27)11-3-4-13(16)12(9-11)15(17,18)19/h3-4,9H,5-8,10H2,1-2H3. The molecule has 14 heteroatoms. The molecule has 0 unspecified atom stereocenters. The lowest BCUT2D eigenvalue weighted by Gasteiger charge is -2.34. The largest absolute Gasteiger partial charge is 0.417 e. The van der Waals surface area contributed by atoms with Gasteiger partial charge < -0.3 is 4.90 Å². The lowest BCUT2D eigenvalue weighted by atomic mass is 10.2. The molecule has 1 amide bonds. The fourth-order valence-electron chi connectivity index (χ4n) is 2.62. The summed E-state index contributed by atoms with van der Waals surface area (Å²) in [6.07, 6.45) is -3.86. The van der Waals surface area contributed by atoms with Gasteiger partial charge in [0.25, 0.3) is 0 Å². The van der Waals surface area contributed by atoms with E-state index in [1.807, 2.05) is 0 Å². The summed E-state index contributed by atoms with van der Waals surface area (Å²) in [5.41, 5.74) is -1.25. The molecule has 29 heavy (non-hydrogen) atoms. The normalized spacial score (nSPS) is 17.0. The van der Waals surface area contributed by atoms with Crippen molar-refractivity contribution in [3.05, 3.63) is 28.8 Å². The van der Waals surface area contributed by atoms with Crippen LogP contribution in [0.4, 0.5) is 13.2 Å². The van der Waals surface area contributed by atoms with Crippen LogP contribution in [-0.4, -0.2) is 82.3 Å². The minimum Gasteiger partial charge on any atom is -0.339 e. The second-order valence-electron chi connectivity index (χ2n) is 6.44. The molecule has 2 rings (SSSR count). The summed E-state index contributed by atoms with van der Waals surface area (Å²) in [5, 5.41) is -0.609. The first-order chi connectivity index (χ1) is 13.1. The third kappa shape index (κ3) is 5.60. The van der Waals surface area contributed by atoms with E-state index in [4.69, 9.17) is 11.6 Å². The third-order valence-electron chi connectivity index (χ3n) is 4.40. The van der Waals surface area contributed by atoms with E-state index in [9.17, 15) is 34.8 Å². The fraction of sp³-hybridized carbons (Fsp3) is 0.533. The number of hydrogen-bond donors (Lipinski definition) is 0. The van der Waals surface area contributed by atoms with Crippen molar-refractivity contribution < 1.29 is 34.8 Å². The minimum absolute atomic E-state index is 0.0185.